The Morgan fingerprint density at radius 1 is 1.44 bits per heavy atom. The summed E-state index contributed by atoms with van der Waals surface area (Å²) in [7, 11) is 0. The minimum atomic E-state index is 0.0927. The molecule has 1 atom stereocenters. The van der Waals surface area contributed by atoms with Gasteiger partial charge in [0.15, 0.2) is 0 Å². The highest BCUT2D eigenvalue weighted by Gasteiger charge is 2.16. The summed E-state index contributed by atoms with van der Waals surface area (Å²) in [6.07, 6.45) is 1.17. The number of nitrogens with one attached hydrogen (secondary N) is 2. The number of amides is 1. The fraction of sp³-hybridized carbons (Fsp3) is 0.500. The molecule has 1 heterocycles. The Morgan fingerprint density at radius 2 is 2.28 bits per heavy atom. The largest absolute Gasteiger partial charge is 0.325 e. The zero-order valence-electron chi connectivity index (χ0n) is 11.0. The monoisotopic (exact) mass is 264 g/mol. The molecule has 0 spiro atoms. The van der Waals surface area contributed by atoms with Crippen LogP contribution >= 0.6 is 11.8 Å². The highest BCUT2D eigenvalue weighted by Crippen LogP contribution is 2.18. The van der Waals surface area contributed by atoms with E-state index in [2.05, 4.69) is 24.5 Å². The van der Waals surface area contributed by atoms with E-state index in [-0.39, 0.29) is 5.91 Å². The van der Waals surface area contributed by atoms with Gasteiger partial charge in [-0.25, -0.2) is 0 Å². The zero-order chi connectivity index (χ0) is 13.0. The van der Waals surface area contributed by atoms with Gasteiger partial charge in [-0.1, -0.05) is 6.07 Å². The molecule has 1 aliphatic rings. The molecule has 1 unspecified atom stereocenters. The van der Waals surface area contributed by atoms with Gasteiger partial charge in [0.05, 0.1) is 5.75 Å². The number of hydrogen-bond acceptors (Lipinski definition) is 3. The van der Waals surface area contributed by atoms with Crippen molar-refractivity contribution in [2.24, 2.45) is 0 Å². The summed E-state index contributed by atoms with van der Waals surface area (Å²) in [5.74, 6) is 0.634. The number of aryl methyl sites for hydroxylation is 2. The molecular formula is C14H20N2OS. The number of anilines is 1. The SMILES string of the molecule is Cc1ccc(NC(=O)CSC2CCNC2)cc1C. The molecule has 1 aromatic carbocycles. The van der Waals surface area contributed by atoms with Crippen LogP contribution in [0.5, 0.6) is 0 Å². The Morgan fingerprint density at radius 3 is 2.94 bits per heavy atom. The number of thioether (sulfide) groups is 1. The van der Waals surface area contributed by atoms with Gasteiger partial charge >= 0.3 is 0 Å². The fourth-order valence-corrected chi connectivity index (χ4v) is 2.96. The first kappa shape index (κ1) is 13.4. The van der Waals surface area contributed by atoms with E-state index < -0.39 is 0 Å². The second kappa shape index (κ2) is 6.25. The van der Waals surface area contributed by atoms with E-state index in [0.29, 0.717) is 11.0 Å². The molecule has 0 radical (unpaired) electrons. The summed E-state index contributed by atoms with van der Waals surface area (Å²) in [5.41, 5.74) is 3.35. The number of hydrogen-bond donors (Lipinski definition) is 2. The maximum absolute atomic E-state index is 11.8. The highest BCUT2D eigenvalue weighted by molar-refractivity contribution is 8.00. The third-order valence-electron chi connectivity index (χ3n) is 3.26. The second-order valence-corrected chi connectivity index (χ2v) is 6.06. The Balaban J connectivity index is 1.80. The van der Waals surface area contributed by atoms with Gasteiger partial charge in [0.25, 0.3) is 0 Å². The van der Waals surface area contributed by atoms with Gasteiger partial charge in [-0.2, -0.15) is 0 Å². The van der Waals surface area contributed by atoms with E-state index in [1.54, 1.807) is 11.8 Å². The lowest BCUT2D eigenvalue weighted by Crippen LogP contribution is -2.18. The van der Waals surface area contributed by atoms with Crippen LogP contribution in [-0.4, -0.2) is 30.0 Å². The summed E-state index contributed by atoms with van der Waals surface area (Å²) in [6.45, 7) is 6.24. The van der Waals surface area contributed by atoms with Crippen molar-refractivity contribution in [2.45, 2.75) is 25.5 Å². The molecule has 4 heteroatoms. The molecule has 1 aromatic rings. The standard InChI is InChI=1S/C14H20N2OS/c1-10-3-4-12(7-11(10)2)16-14(17)9-18-13-5-6-15-8-13/h3-4,7,13,15H,5-6,8-9H2,1-2H3,(H,16,17). The molecule has 1 saturated heterocycles. The lowest BCUT2D eigenvalue weighted by Gasteiger charge is -2.10. The molecule has 1 fully saturated rings. The lowest BCUT2D eigenvalue weighted by atomic mass is 10.1. The van der Waals surface area contributed by atoms with E-state index >= 15 is 0 Å². The topological polar surface area (TPSA) is 41.1 Å². The first-order chi connectivity index (χ1) is 8.65. The normalized spacial score (nSPS) is 18.9. The van der Waals surface area contributed by atoms with Gasteiger partial charge in [-0.05, 0) is 50.1 Å². The number of benzene rings is 1. The van der Waals surface area contributed by atoms with Crippen molar-refractivity contribution in [1.82, 2.24) is 5.32 Å². The van der Waals surface area contributed by atoms with Crippen molar-refractivity contribution in [1.29, 1.82) is 0 Å². The van der Waals surface area contributed by atoms with Gasteiger partial charge in [-0.15, -0.1) is 11.8 Å². The van der Waals surface area contributed by atoms with Crippen LogP contribution in [0.2, 0.25) is 0 Å². The third-order valence-corrected chi connectivity index (χ3v) is 4.56. The van der Waals surface area contributed by atoms with Crippen molar-refractivity contribution >= 4 is 23.4 Å². The predicted molar refractivity (Wildman–Crippen MR) is 78.3 cm³/mol. The van der Waals surface area contributed by atoms with Crippen molar-refractivity contribution in [3.63, 3.8) is 0 Å². The molecule has 1 aliphatic heterocycles. The summed E-state index contributed by atoms with van der Waals surface area (Å²) in [6, 6.07) is 6.02. The van der Waals surface area contributed by atoms with E-state index in [1.165, 1.54) is 17.5 Å². The minimum Gasteiger partial charge on any atom is -0.325 e. The Labute approximate surface area is 113 Å². The molecule has 18 heavy (non-hydrogen) atoms. The van der Waals surface area contributed by atoms with Crippen LogP contribution in [0.1, 0.15) is 17.5 Å². The van der Waals surface area contributed by atoms with Crippen LogP contribution in [0.3, 0.4) is 0 Å². The summed E-state index contributed by atoms with van der Waals surface area (Å²) in [5, 5.41) is 6.85. The first-order valence-corrected chi connectivity index (χ1v) is 7.39. The Hall–Kier alpha value is -1.00. The zero-order valence-corrected chi connectivity index (χ0v) is 11.8. The average molecular weight is 264 g/mol. The Kier molecular flexibility index (Phi) is 4.66. The number of carbonyl (C=O) groups excluding carboxylic acids is 1. The summed E-state index contributed by atoms with van der Waals surface area (Å²) < 4.78 is 0. The van der Waals surface area contributed by atoms with E-state index in [4.69, 9.17) is 0 Å². The van der Waals surface area contributed by atoms with E-state index in [9.17, 15) is 4.79 Å². The molecule has 0 saturated carbocycles. The second-order valence-electron chi connectivity index (χ2n) is 4.77. The third kappa shape index (κ3) is 3.75. The maximum atomic E-state index is 11.8. The molecule has 3 nitrogen and oxygen atoms in total. The van der Waals surface area contributed by atoms with Crippen LogP contribution in [0.15, 0.2) is 18.2 Å². The van der Waals surface area contributed by atoms with Crippen LogP contribution in [0, 0.1) is 13.8 Å². The minimum absolute atomic E-state index is 0.0927. The molecule has 1 amide bonds. The first-order valence-electron chi connectivity index (χ1n) is 6.34. The molecular weight excluding hydrogens is 244 g/mol. The molecule has 0 aliphatic carbocycles. The van der Waals surface area contributed by atoms with E-state index in [0.717, 1.165) is 18.8 Å². The van der Waals surface area contributed by atoms with Gasteiger partial charge in [0, 0.05) is 17.5 Å². The molecule has 0 bridgehead atoms. The van der Waals surface area contributed by atoms with Crippen molar-refractivity contribution in [3.05, 3.63) is 29.3 Å². The van der Waals surface area contributed by atoms with Crippen LogP contribution in [0.4, 0.5) is 5.69 Å². The quantitative estimate of drug-likeness (QED) is 0.877. The number of rotatable bonds is 4. The molecule has 2 N–H and O–H groups in total. The van der Waals surface area contributed by atoms with Gasteiger partial charge < -0.3 is 10.6 Å². The smallest absolute Gasteiger partial charge is 0.234 e. The average Bonchev–Trinajstić information content (AvgIpc) is 2.84. The van der Waals surface area contributed by atoms with Crippen LogP contribution < -0.4 is 10.6 Å². The lowest BCUT2D eigenvalue weighted by molar-refractivity contribution is -0.113. The summed E-state index contributed by atoms with van der Waals surface area (Å²) in [4.78, 5) is 11.8. The highest BCUT2D eigenvalue weighted by atomic mass is 32.2. The molecule has 98 valence electrons. The van der Waals surface area contributed by atoms with Crippen molar-refractivity contribution < 1.29 is 4.79 Å². The summed E-state index contributed by atoms with van der Waals surface area (Å²) >= 11 is 1.74. The maximum Gasteiger partial charge on any atom is 0.234 e. The Bertz CT molecular complexity index is 428. The van der Waals surface area contributed by atoms with Gasteiger partial charge in [0.1, 0.15) is 0 Å². The molecule has 2 rings (SSSR count). The van der Waals surface area contributed by atoms with Gasteiger partial charge in [0.2, 0.25) is 5.91 Å². The fourth-order valence-electron chi connectivity index (χ4n) is 1.98. The van der Waals surface area contributed by atoms with Crippen molar-refractivity contribution in [3.8, 4) is 0 Å². The van der Waals surface area contributed by atoms with E-state index in [1.807, 2.05) is 18.2 Å². The van der Waals surface area contributed by atoms with Crippen LogP contribution in [-0.2, 0) is 4.79 Å². The van der Waals surface area contributed by atoms with Crippen molar-refractivity contribution in [2.75, 3.05) is 24.2 Å². The van der Waals surface area contributed by atoms with Gasteiger partial charge in [-0.3, -0.25) is 4.79 Å². The molecule has 0 aromatic heterocycles. The number of carbonyl (C=O) groups is 1. The predicted octanol–water partition coefficient (Wildman–Crippen LogP) is 2.34. The van der Waals surface area contributed by atoms with Crippen LogP contribution in [0.25, 0.3) is 0 Å².